The number of aromatic nitrogens is 2. The van der Waals surface area contributed by atoms with Crippen molar-refractivity contribution in [3.8, 4) is 0 Å². The fraction of sp³-hybridized carbons (Fsp3) is 0.737. The van der Waals surface area contributed by atoms with Gasteiger partial charge in [0.25, 0.3) is 0 Å². The number of nitrogens with zero attached hydrogens (tertiary/aromatic N) is 4. The molecule has 0 radical (unpaired) electrons. The van der Waals surface area contributed by atoms with Crippen LogP contribution in [-0.2, 0) is 16.1 Å². The van der Waals surface area contributed by atoms with E-state index in [-0.39, 0.29) is 11.8 Å². The lowest BCUT2D eigenvalue weighted by atomic mass is 9.85. The van der Waals surface area contributed by atoms with Crippen LogP contribution in [0.5, 0.6) is 0 Å². The van der Waals surface area contributed by atoms with Gasteiger partial charge in [-0.15, -0.1) is 0 Å². The van der Waals surface area contributed by atoms with Gasteiger partial charge in [0.1, 0.15) is 5.82 Å². The van der Waals surface area contributed by atoms with Crippen LogP contribution in [0.2, 0.25) is 0 Å². The fourth-order valence-electron chi connectivity index (χ4n) is 3.80. The summed E-state index contributed by atoms with van der Waals surface area (Å²) in [5.41, 5.74) is 0. The molecule has 3 rings (SSSR count). The summed E-state index contributed by atoms with van der Waals surface area (Å²) in [5, 5.41) is 0. The van der Waals surface area contributed by atoms with Gasteiger partial charge in [0.2, 0.25) is 11.8 Å². The fourth-order valence-corrected chi connectivity index (χ4v) is 3.80. The minimum atomic E-state index is 0.0120. The molecule has 0 N–H and O–H groups in total. The number of carbonyl (C=O) groups excluding carboxylic acids is 2. The van der Waals surface area contributed by atoms with Crippen LogP contribution in [0, 0.1) is 5.92 Å². The molecular formula is C19H30N4O2. The predicted octanol–water partition coefficient (Wildman–Crippen LogP) is 2.26. The second kappa shape index (κ2) is 8.02. The van der Waals surface area contributed by atoms with Crippen molar-refractivity contribution in [1.82, 2.24) is 19.4 Å². The molecule has 1 saturated carbocycles. The van der Waals surface area contributed by atoms with E-state index in [4.69, 9.17) is 0 Å². The molecule has 2 amide bonds. The Kier molecular flexibility index (Phi) is 5.76. The summed E-state index contributed by atoms with van der Waals surface area (Å²) in [6.07, 6.45) is 10.7. The third-order valence-corrected chi connectivity index (χ3v) is 5.62. The summed E-state index contributed by atoms with van der Waals surface area (Å²) in [7, 11) is 3.46. The molecule has 0 aromatic carbocycles. The monoisotopic (exact) mass is 346 g/mol. The highest BCUT2D eigenvalue weighted by Crippen LogP contribution is 2.31. The van der Waals surface area contributed by atoms with Crippen LogP contribution in [0.25, 0.3) is 0 Å². The number of carbonyl (C=O) groups is 2. The Morgan fingerprint density at radius 2 is 2.00 bits per heavy atom. The third kappa shape index (κ3) is 4.41. The van der Waals surface area contributed by atoms with Crippen LogP contribution in [0.4, 0.5) is 0 Å². The van der Waals surface area contributed by atoms with Gasteiger partial charge in [-0.1, -0.05) is 6.42 Å². The lowest BCUT2D eigenvalue weighted by molar-refractivity contribution is -0.136. The van der Waals surface area contributed by atoms with Crippen molar-refractivity contribution in [2.45, 2.75) is 57.4 Å². The first kappa shape index (κ1) is 18.0. The molecule has 1 aromatic rings. The van der Waals surface area contributed by atoms with Crippen molar-refractivity contribution in [3.05, 3.63) is 18.2 Å². The zero-order valence-corrected chi connectivity index (χ0v) is 15.5. The lowest BCUT2D eigenvalue weighted by Gasteiger charge is -2.34. The zero-order valence-electron chi connectivity index (χ0n) is 15.5. The maximum atomic E-state index is 12.5. The molecule has 25 heavy (non-hydrogen) atoms. The average molecular weight is 346 g/mol. The summed E-state index contributed by atoms with van der Waals surface area (Å²) in [6.45, 7) is 2.60. The van der Waals surface area contributed by atoms with Gasteiger partial charge in [0, 0.05) is 64.9 Å². The van der Waals surface area contributed by atoms with E-state index in [1.54, 1.807) is 19.0 Å². The van der Waals surface area contributed by atoms with Crippen LogP contribution >= 0.6 is 0 Å². The number of piperidine rings is 1. The van der Waals surface area contributed by atoms with Crippen molar-refractivity contribution >= 4 is 11.8 Å². The summed E-state index contributed by atoms with van der Waals surface area (Å²) < 4.78 is 2.30. The Morgan fingerprint density at radius 3 is 2.68 bits per heavy atom. The summed E-state index contributed by atoms with van der Waals surface area (Å²) >= 11 is 0. The van der Waals surface area contributed by atoms with E-state index in [1.807, 2.05) is 11.1 Å². The highest BCUT2D eigenvalue weighted by Gasteiger charge is 2.28. The van der Waals surface area contributed by atoms with E-state index >= 15 is 0 Å². The van der Waals surface area contributed by atoms with Crippen LogP contribution in [0.15, 0.2) is 12.4 Å². The average Bonchev–Trinajstić information content (AvgIpc) is 3.04. The molecule has 2 aliphatic rings. The molecule has 138 valence electrons. The van der Waals surface area contributed by atoms with Crippen molar-refractivity contribution in [2.24, 2.45) is 5.92 Å². The SMILES string of the molecule is CN(C)C(=O)CCC(=O)N1CCC[C@@H](c2nccn2CC2CCC2)C1. The van der Waals surface area contributed by atoms with Gasteiger partial charge in [-0.25, -0.2) is 4.98 Å². The van der Waals surface area contributed by atoms with E-state index < -0.39 is 0 Å². The molecule has 1 aliphatic heterocycles. The molecule has 0 spiro atoms. The highest BCUT2D eigenvalue weighted by atomic mass is 16.2. The van der Waals surface area contributed by atoms with Gasteiger partial charge < -0.3 is 14.4 Å². The quantitative estimate of drug-likeness (QED) is 0.794. The number of likely N-dealkylation sites (tertiary alicyclic amines) is 1. The highest BCUT2D eigenvalue weighted by molar-refractivity contribution is 5.83. The van der Waals surface area contributed by atoms with E-state index in [9.17, 15) is 9.59 Å². The first-order valence-corrected chi connectivity index (χ1v) is 9.53. The summed E-state index contributed by atoms with van der Waals surface area (Å²) in [5.74, 6) is 2.35. The van der Waals surface area contributed by atoms with Gasteiger partial charge in [0.05, 0.1) is 0 Å². The lowest BCUT2D eigenvalue weighted by Crippen LogP contribution is -2.40. The third-order valence-electron chi connectivity index (χ3n) is 5.62. The summed E-state index contributed by atoms with van der Waals surface area (Å²) in [4.78, 5) is 32.3. The molecule has 2 heterocycles. The van der Waals surface area contributed by atoms with E-state index in [0.29, 0.717) is 18.8 Å². The number of rotatable bonds is 6. The first-order chi connectivity index (χ1) is 12.0. The molecule has 1 saturated heterocycles. The predicted molar refractivity (Wildman–Crippen MR) is 96.1 cm³/mol. The number of imidazole rings is 1. The Bertz CT molecular complexity index is 606. The molecule has 0 unspecified atom stereocenters. The molecule has 1 atom stereocenters. The normalized spacial score (nSPS) is 21.0. The van der Waals surface area contributed by atoms with Gasteiger partial charge in [0.15, 0.2) is 0 Å². The van der Waals surface area contributed by atoms with Crippen molar-refractivity contribution in [1.29, 1.82) is 0 Å². The van der Waals surface area contributed by atoms with Crippen LogP contribution in [0.3, 0.4) is 0 Å². The maximum absolute atomic E-state index is 12.5. The topological polar surface area (TPSA) is 58.4 Å². The number of hydrogen-bond donors (Lipinski definition) is 0. The molecule has 6 heteroatoms. The second-order valence-corrected chi connectivity index (χ2v) is 7.70. The van der Waals surface area contributed by atoms with Crippen LogP contribution < -0.4 is 0 Å². The van der Waals surface area contributed by atoms with E-state index in [2.05, 4.69) is 15.7 Å². The Balaban J connectivity index is 1.56. The van der Waals surface area contributed by atoms with Crippen molar-refractivity contribution in [2.75, 3.05) is 27.2 Å². The van der Waals surface area contributed by atoms with Gasteiger partial charge in [-0.3, -0.25) is 9.59 Å². The molecule has 1 aliphatic carbocycles. The Labute approximate surface area is 150 Å². The molecule has 2 fully saturated rings. The minimum Gasteiger partial charge on any atom is -0.349 e. The second-order valence-electron chi connectivity index (χ2n) is 7.70. The number of hydrogen-bond acceptors (Lipinski definition) is 3. The maximum Gasteiger partial charge on any atom is 0.223 e. The largest absolute Gasteiger partial charge is 0.349 e. The Morgan fingerprint density at radius 1 is 1.20 bits per heavy atom. The minimum absolute atomic E-state index is 0.0120. The van der Waals surface area contributed by atoms with Crippen LogP contribution in [-0.4, -0.2) is 58.4 Å². The number of amides is 2. The smallest absolute Gasteiger partial charge is 0.223 e. The molecule has 6 nitrogen and oxygen atoms in total. The van der Waals surface area contributed by atoms with Gasteiger partial charge in [-0.2, -0.15) is 0 Å². The van der Waals surface area contributed by atoms with E-state index in [1.165, 1.54) is 19.3 Å². The van der Waals surface area contributed by atoms with Crippen LogP contribution in [0.1, 0.15) is 56.7 Å². The first-order valence-electron chi connectivity index (χ1n) is 9.53. The molecular weight excluding hydrogens is 316 g/mol. The van der Waals surface area contributed by atoms with E-state index in [0.717, 1.165) is 44.2 Å². The van der Waals surface area contributed by atoms with Gasteiger partial charge in [-0.05, 0) is 31.6 Å². The Hall–Kier alpha value is -1.85. The standard InChI is InChI=1S/C19H30N4O2/c1-21(2)17(24)8-9-18(25)22-11-4-7-16(14-22)19-20-10-12-23(19)13-15-5-3-6-15/h10,12,15-16H,3-9,11,13-14H2,1-2H3/t16-/m1/s1. The summed E-state index contributed by atoms with van der Waals surface area (Å²) in [6, 6.07) is 0. The van der Waals surface area contributed by atoms with Gasteiger partial charge >= 0.3 is 0 Å². The molecule has 1 aromatic heterocycles. The zero-order chi connectivity index (χ0) is 17.8. The van der Waals surface area contributed by atoms with Crippen molar-refractivity contribution < 1.29 is 9.59 Å². The van der Waals surface area contributed by atoms with Crippen molar-refractivity contribution in [3.63, 3.8) is 0 Å². The molecule has 0 bridgehead atoms.